The lowest BCUT2D eigenvalue weighted by molar-refractivity contribution is 0.112. The lowest BCUT2D eigenvalue weighted by Gasteiger charge is -2.15. The van der Waals surface area contributed by atoms with Crippen LogP contribution in [0.4, 0.5) is 0 Å². The van der Waals surface area contributed by atoms with Crippen LogP contribution in [0.2, 0.25) is 0 Å². The molecule has 0 atom stereocenters. The van der Waals surface area contributed by atoms with E-state index in [-0.39, 0.29) is 0 Å². The Labute approximate surface area is 118 Å². The van der Waals surface area contributed by atoms with Crippen molar-refractivity contribution >= 4 is 17.1 Å². The Balaban J connectivity index is 2.48. The van der Waals surface area contributed by atoms with Crippen molar-refractivity contribution in [1.29, 1.82) is 0 Å². The molecule has 1 heteroatoms. The summed E-state index contributed by atoms with van der Waals surface area (Å²) in [6, 6.07) is 18.4. The number of aldehydes is 1. The molecule has 0 amide bonds. The lowest BCUT2D eigenvalue weighted by Crippen LogP contribution is -1.94. The van der Waals surface area contributed by atoms with Crippen molar-refractivity contribution in [1.82, 2.24) is 0 Å². The zero-order chi connectivity index (χ0) is 14.1. The predicted octanol–water partition coefficient (Wildman–Crippen LogP) is 4.94. The van der Waals surface area contributed by atoms with Crippen LogP contribution in [0.3, 0.4) is 0 Å². The molecule has 0 bridgehead atoms. The third-order valence-corrected chi connectivity index (χ3v) is 3.82. The van der Waals surface area contributed by atoms with Gasteiger partial charge >= 0.3 is 0 Å². The summed E-state index contributed by atoms with van der Waals surface area (Å²) >= 11 is 0. The van der Waals surface area contributed by atoms with Crippen molar-refractivity contribution in [3.63, 3.8) is 0 Å². The summed E-state index contributed by atoms with van der Waals surface area (Å²) < 4.78 is 0. The molecule has 0 radical (unpaired) electrons. The van der Waals surface area contributed by atoms with Crippen molar-refractivity contribution < 1.29 is 4.79 Å². The van der Waals surface area contributed by atoms with E-state index < -0.39 is 0 Å². The van der Waals surface area contributed by atoms with Gasteiger partial charge in [-0.1, -0.05) is 54.6 Å². The molecule has 0 spiro atoms. The fraction of sp³-hybridized carbons (Fsp3) is 0.105. The highest BCUT2D eigenvalue weighted by Gasteiger charge is 2.13. The van der Waals surface area contributed by atoms with Gasteiger partial charge < -0.3 is 0 Å². The van der Waals surface area contributed by atoms with E-state index in [1.807, 2.05) is 24.3 Å². The molecule has 1 nitrogen and oxygen atoms in total. The van der Waals surface area contributed by atoms with Crippen LogP contribution in [0.15, 0.2) is 54.6 Å². The Morgan fingerprint density at radius 1 is 0.750 bits per heavy atom. The van der Waals surface area contributed by atoms with Crippen molar-refractivity contribution in [3.8, 4) is 11.1 Å². The van der Waals surface area contributed by atoms with E-state index in [0.29, 0.717) is 0 Å². The first kappa shape index (κ1) is 12.6. The number of rotatable bonds is 2. The summed E-state index contributed by atoms with van der Waals surface area (Å²) in [6.07, 6.45) is 0.952. The van der Waals surface area contributed by atoms with Gasteiger partial charge in [0.1, 0.15) is 0 Å². The van der Waals surface area contributed by atoms with Gasteiger partial charge in [-0.3, -0.25) is 4.79 Å². The maximum Gasteiger partial charge on any atom is 0.150 e. The van der Waals surface area contributed by atoms with Crippen LogP contribution in [0.1, 0.15) is 21.5 Å². The summed E-state index contributed by atoms with van der Waals surface area (Å²) in [4.78, 5) is 11.5. The molecule has 3 aromatic carbocycles. The Kier molecular flexibility index (Phi) is 3.11. The monoisotopic (exact) mass is 260 g/mol. The largest absolute Gasteiger partial charge is 0.298 e. The Bertz CT molecular complexity index is 780. The number of benzene rings is 3. The van der Waals surface area contributed by atoms with Gasteiger partial charge in [0, 0.05) is 11.1 Å². The van der Waals surface area contributed by atoms with E-state index in [4.69, 9.17) is 0 Å². The maximum absolute atomic E-state index is 11.5. The van der Waals surface area contributed by atoms with E-state index in [1.165, 1.54) is 16.7 Å². The van der Waals surface area contributed by atoms with Gasteiger partial charge in [-0.05, 0) is 41.3 Å². The zero-order valence-corrected chi connectivity index (χ0v) is 11.7. The zero-order valence-electron chi connectivity index (χ0n) is 11.7. The highest BCUT2D eigenvalue weighted by molar-refractivity contribution is 6.05. The molecular weight excluding hydrogens is 244 g/mol. The number of fused-ring (bicyclic) bond motifs is 1. The summed E-state index contributed by atoms with van der Waals surface area (Å²) in [7, 11) is 0. The van der Waals surface area contributed by atoms with Gasteiger partial charge in [-0.15, -0.1) is 0 Å². The molecular formula is C19H16O. The number of carbonyl (C=O) groups is 1. The van der Waals surface area contributed by atoms with Gasteiger partial charge in [0.25, 0.3) is 0 Å². The van der Waals surface area contributed by atoms with Gasteiger partial charge in [-0.25, -0.2) is 0 Å². The quantitative estimate of drug-likeness (QED) is 0.597. The summed E-state index contributed by atoms with van der Waals surface area (Å²) in [5, 5.41) is 2.30. The molecule has 0 aliphatic rings. The second kappa shape index (κ2) is 4.93. The summed E-state index contributed by atoms with van der Waals surface area (Å²) in [5.74, 6) is 0. The minimum atomic E-state index is 0.751. The van der Waals surface area contributed by atoms with E-state index in [2.05, 4.69) is 44.2 Å². The normalized spacial score (nSPS) is 10.7. The molecule has 0 aliphatic carbocycles. The van der Waals surface area contributed by atoms with E-state index >= 15 is 0 Å². The maximum atomic E-state index is 11.5. The highest BCUT2D eigenvalue weighted by Crippen LogP contribution is 2.35. The third kappa shape index (κ3) is 1.92. The second-order valence-corrected chi connectivity index (χ2v) is 5.14. The average molecular weight is 260 g/mol. The van der Waals surface area contributed by atoms with Crippen LogP contribution in [0.25, 0.3) is 21.9 Å². The summed E-state index contributed by atoms with van der Waals surface area (Å²) in [6.45, 7) is 4.19. The number of hydrogen-bond acceptors (Lipinski definition) is 1. The molecule has 3 rings (SSSR count). The molecule has 0 N–H and O–H groups in total. The first-order valence-electron chi connectivity index (χ1n) is 6.76. The van der Waals surface area contributed by atoms with E-state index in [9.17, 15) is 4.79 Å². The van der Waals surface area contributed by atoms with Crippen LogP contribution < -0.4 is 0 Å². The Morgan fingerprint density at radius 3 is 2.15 bits per heavy atom. The van der Waals surface area contributed by atoms with Gasteiger partial charge in [0.15, 0.2) is 6.29 Å². The highest BCUT2D eigenvalue weighted by atomic mass is 16.1. The molecule has 0 saturated carbocycles. The standard InChI is InChI=1S/C19H16O/c1-13-6-5-7-14(2)18(13)19-16(12-20)11-10-15-8-3-4-9-17(15)19/h3-12H,1-2H3. The van der Waals surface area contributed by atoms with Crippen LogP contribution in [-0.2, 0) is 0 Å². The van der Waals surface area contributed by atoms with Crippen molar-refractivity contribution in [2.75, 3.05) is 0 Å². The fourth-order valence-corrected chi connectivity index (χ4v) is 2.87. The number of hydrogen-bond donors (Lipinski definition) is 0. The Morgan fingerprint density at radius 2 is 1.45 bits per heavy atom. The van der Waals surface area contributed by atoms with Gasteiger partial charge in [-0.2, -0.15) is 0 Å². The van der Waals surface area contributed by atoms with Crippen LogP contribution in [0, 0.1) is 13.8 Å². The molecule has 0 aliphatic heterocycles. The van der Waals surface area contributed by atoms with Gasteiger partial charge in [0.05, 0.1) is 0 Å². The molecule has 0 saturated heterocycles. The second-order valence-electron chi connectivity index (χ2n) is 5.14. The minimum Gasteiger partial charge on any atom is -0.298 e. The molecule has 3 aromatic rings. The lowest BCUT2D eigenvalue weighted by atomic mass is 9.89. The van der Waals surface area contributed by atoms with Crippen molar-refractivity contribution in [2.45, 2.75) is 13.8 Å². The predicted molar refractivity (Wildman–Crippen MR) is 84.2 cm³/mol. The molecule has 0 unspecified atom stereocenters. The summed E-state index contributed by atoms with van der Waals surface area (Å²) in [5.41, 5.74) is 5.37. The van der Waals surface area contributed by atoms with Crippen LogP contribution in [0.5, 0.6) is 0 Å². The van der Waals surface area contributed by atoms with Crippen LogP contribution >= 0.6 is 0 Å². The molecule has 20 heavy (non-hydrogen) atoms. The molecule has 98 valence electrons. The molecule has 0 aromatic heterocycles. The van der Waals surface area contributed by atoms with Gasteiger partial charge in [0.2, 0.25) is 0 Å². The third-order valence-electron chi connectivity index (χ3n) is 3.82. The Hall–Kier alpha value is -2.41. The average Bonchev–Trinajstić information content (AvgIpc) is 2.47. The molecule has 0 fully saturated rings. The van der Waals surface area contributed by atoms with Crippen molar-refractivity contribution in [3.05, 3.63) is 71.3 Å². The first-order chi connectivity index (χ1) is 9.72. The minimum absolute atomic E-state index is 0.751. The van der Waals surface area contributed by atoms with E-state index in [0.717, 1.165) is 28.2 Å². The number of carbonyl (C=O) groups excluding carboxylic acids is 1. The first-order valence-corrected chi connectivity index (χ1v) is 6.76. The smallest absolute Gasteiger partial charge is 0.150 e. The fourth-order valence-electron chi connectivity index (χ4n) is 2.87. The van der Waals surface area contributed by atoms with Crippen molar-refractivity contribution in [2.24, 2.45) is 0 Å². The van der Waals surface area contributed by atoms with Crippen LogP contribution in [-0.4, -0.2) is 6.29 Å². The number of aryl methyl sites for hydroxylation is 2. The topological polar surface area (TPSA) is 17.1 Å². The molecule has 0 heterocycles. The SMILES string of the molecule is Cc1cccc(C)c1-c1c(C=O)ccc2ccccc12. The van der Waals surface area contributed by atoms with E-state index in [1.54, 1.807) is 0 Å².